The molecule has 0 radical (unpaired) electrons. The summed E-state index contributed by atoms with van der Waals surface area (Å²) < 4.78 is 0. The molecule has 0 aromatic carbocycles. The second-order valence-corrected chi connectivity index (χ2v) is 4.26. The monoisotopic (exact) mass is 230 g/mol. The Hall–Kier alpha value is -2.04. The Balaban J connectivity index is 2.05. The molecule has 0 bridgehead atoms. The van der Waals surface area contributed by atoms with E-state index in [-0.39, 0.29) is 11.8 Å². The maximum atomic E-state index is 12.0. The highest BCUT2D eigenvalue weighted by molar-refractivity contribution is 5.89. The number of carbonyl (C=O) groups excluding carboxylic acids is 1. The van der Waals surface area contributed by atoms with Gasteiger partial charge >= 0.3 is 0 Å². The van der Waals surface area contributed by atoms with Crippen LogP contribution in [0.4, 0.5) is 0 Å². The predicted molar refractivity (Wildman–Crippen MR) is 62.6 cm³/mol. The molecular formula is C12H14N4O. The predicted octanol–water partition coefficient (Wildman–Crippen LogP) is 0.265. The Bertz CT molecular complexity index is 497. The van der Waals surface area contributed by atoms with Crippen molar-refractivity contribution in [1.29, 1.82) is 0 Å². The van der Waals surface area contributed by atoms with Crippen molar-refractivity contribution in [3.63, 3.8) is 0 Å². The van der Waals surface area contributed by atoms with Crippen molar-refractivity contribution in [1.82, 2.24) is 20.7 Å². The second kappa shape index (κ2) is 3.76. The summed E-state index contributed by atoms with van der Waals surface area (Å²) in [5.41, 5.74) is 5.75. The lowest BCUT2D eigenvalue weighted by Gasteiger charge is -2.25. The molecule has 0 aliphatic carbocycles. The van der Waals surface area contributed by atoms with E-state index in [4.69, 9.17) is 0 Å². The molecular weight excluding hydrogens is 216 g/mol. The summed E-state index contributed by atoms with van der Waals surface area (Å²) in [6.45, 7) is 3.58. The molecule has 1 aromatic rings. The van der Waals surface area contributed by atoms with E-state index >= 15 is 0 Å². The van der Waals surface area contributed by atoms with Gasteiger partial charge in [0.2, 0.25) is 0 Å². The van der Waals surface area contributed by atoms with Gasteiger partial charge in [-0.3, -0.25) is 20.2 Å². The van der Waals surface area contributed by atoms with Gasteiger partial charge in [0.25, 0.3) is 5.91 Å². The minimum atomic E-state index is -0.239. The number of hydrogen-bond acceptors (Lipinski definition) is 4. The molecule has 5 heteroatoms. The van der Waals surface area contributed by atoms with Crippen LogP contribution in [0.5, 0.6) is 0 Å². The highest BCUT2D eigenvalue weighted by Crippen LogP contribution is 2.32. The van der Waals surface area contributed by atoms with Crippen molar-refractivity contribution in [2.45, 2.75) is 12.8 Å². The van der Waals surface area contributed by atoms with Gasteiger partial charge in [0.05, 0.1) is 12.2 Å². The fourth-order valence-electron chi connectivity index (χ4n) is 2.35. The van der Waals surface area contributed by atoms with Gasteiger partial charge in [-0.05, 0) is 18.6 Å². The number of hydrogen-bond donors (Lipinski definition) is 2. The van der Waals surface area contributed by atoms with Crippen LogP contribution in [-0.2, 0) is 4.79 Å². The van der Waals surface area contributed by atoms with Crippen LogP contribution in [0.25, 0.3) is 0 Å². The Kier molecular flexibility index (Phi) is 2.24. The summed E-state index contributed by atoms with van der Waals surface area (Å²) >= 11 is 0. The largest absolute Gasteiger partial charge is 0.388 e. The minimum Gasteiger partial charge on any atom is -0.388 e. The molecule has 1 saturated heterocycles. The van der Waals surface area contributed by atoms with Crippen molar-refractivity contribution >= 4 is 5.91 Å². The first-order chi connectivity index (χ1) is 8.27. The first-order valence-corrected chi connectivity index (χ1v) is 5.70. The number of hydrazine groups is 1. The summed E-state index contributed by atoms with van der Waals surface area (Å²) in [5.74, 6) is -0.215. The van der Waals surface area contributed by atoms with Crippen molar-refractivity contribution in [2.75, 3.05) is 13.1 Å². The number of fused-ring (bicyclic) bond motifs is 1. The van der Waals surface area contributed by atoms with E-state index in [1.165, 1.54) is 0 Å². The summed E-state index contributed by atoms with van der Waals surface area (Å²) in [4.78, 5) is 16.3. The zero-order valence-electron chi connectivity index (χ0n) is 9.60. The van der Waals surface area contributed by atoms with E-state index in [1.807, 2.05) is 30.3 Å². The smallest absolute Gasteiger partial charge is 0.252 e. The highest BCUT2D eigenvalue weighted by atomic mass is 16.2. The number of pyridine rings is 1. The molecule has 1 amide bonds. The average molecular weight is 230 g/mol. The van der Waals surface area contributed by atoms with Gasteiger partial charge in [-0.25, -0.2) is 0 Å². The van der Waals surface area contributed by atoms with Gasteiger partial charge in [0.15, 0.2) is 0 Å². The number of aryl methyl sites for hydroxylation is 1. The van der Waals surface area contributed by atoms with Crippen molar-refractivity contribution in [3.8, 4) is 0 Å². The van der Waals surface area contributed by atoms with E-state index in [0.29, 0.717) is 0 Å². The van der Waals surface area contributed by atoms with Crippen molar-refractivity contribution < 1.29 is 4.79 Å². The number of aromatic nitrogens is 1. The molecule has 1 atom stereocenters. The van der Waals surface area contributed by atoms with E-state index in [2.05, 4.69) is 15.7 Å². The maximum Gasteiger partial charge on any atom is 0.252 e. The van der Waals surface area contributed by atoms with Crippen molar-refractivity contribution in [2.24, 2.45) is 0 Å². The summed E-state index contributed by atoms with van der Waals surface area (Å²) in [7, 11) is 0. The lowest BCUT2D eigenvalue weighted by atomic mass is 9.95. The molecule has 88 valence electrons. The van der Waals surface area contributed by atoms with Gasteiger partial charge < -0.3 is 5.32 Å². The minimum absolute atomic E-state index is 0.0241. The third-order valence-corrected chi connectivity index (χ3v) is 3.20. The van der Waals surface area contributed by atoms with E-state index < -0.39 is 0 Å². The van der Waals surface area contributed by atoms with Crippen LogP contribution in [0, 0.1) is 6.92 Å². The summed E-state index contributed by atoms with van der Waals surface area (Å²) in [6, 6.07) is 3.83. The highest BCUT2D eigenvalue weighted by Gasteiger charge is 2.38. The second-order valence-electron chi connectivity index (χ2n) is 4.26. The number of rotatable bonds is 1. The third-order valence-electron chi connectivity index (χ3n) is 3.20. The van der Waals surface area contributed by atoms with Gasteiger partial charge in [0, 0.05) is 24.6 Å². The molecule has 3 heterocycles. The molecule has 1 unspecified atom stereocenters. The Morgan fingerprint density at radius 2 is 2.41 bits per heavy atom. The van der Waals surface area contributed by atoms with Crippen LogP contribution < -0.4 is 10.7 Å². The lowest BCUT2D eigenvalue weighted by Crippen LogP contribution is -2.39. The molecule has 2 aliphatic rings. The first-order valence-electron chi connectivity index (χ1n) is 5.70. The van der Waals surface area contributed by atoms with Gasteiger partial charge in [-0.2, -0.15) is 0 Å². The van der Waals surface area contributed by atoms with Crippen LogP contribution >= 0.6 is 0 Å². The zero-order chi connectivity index (χ0) is 11.8. The van der Waals surface area contributed by atoms with Gasteiger partial charge in [0.1, 0.15) is 5.92 Å². The maximum absolute atomic E-state index is 12.0. The third kappa shape index (κ3) is 1.54. The number of nitrogens with one attached hydrogen (secondary N) is 2. The molecule has 1 fully saturated rings. The topological polar surface area (TPSA) is 57.3 Å². The van der Waals surface area contributed by atoms with E-state index in [0.717, 1.165) is 30.0 Å². The molecule has 0 saturated carbocycles. The number of nitrogens with zero attached hydrogens (tertiary/aromatic N) is 2. The molecule has 17 heavy (non-hydrogen) atoms. The van der Waals surface area contributed by atoms with Crippen molar-refractivity contribution in [3.05, 3.63) is 41.5 Å². The fourth-order valence-corrected chi connectivity index (χ4v) is 2.35. The Labute approximate surface area is 99.5 Å². The summed E-state index contributed by atoms with van der Waals surface area (Å²) in [6.07, 6.45) is 3.66. The molecule has 1 aromatic heterocycles. The van der Waals surface area contributed by atoms with Gasteiger partial charge in [-0.1, -0.05) is 6.07 Å². The summed E-state index contributed by atoms with van der Waals surface area (Å²) in [5, 5.41) is 5.09. The van der Waals surface area contributed by atoms with Crippen LogP contribution in [0.1, 0.15) is 17.2 Å². The molecule has 2 N–H and O–H groups in total. The SMILES string of the molecule is Cc1ncccc1C1C(=O)NN2CCNC=C12. The zero-order valence-corrected chi connectivity index (χ0v) is 9.60. The normalized spacial score (nSPS) is 22.6. The number of amides is 1. The van der Waals surface area contributed by atoms with Crippen LogP contribution in [0.2, 0.25) is 0 Å². The average Bonchev–Trinajstić information content (AvgIpc) is 2.66. The van der Waals surface area contributed by atoms with Crippen LogP contribution in [0.3, 0.4) is 0 Å². The number of carbonyl (C=O) groups is 1. The standard InChI is InChI=1S/C12H14N4O/c1-8-9(3-2-4-14-8)11-10-7-13-5-6-16(10)15-12(11)17/h2-4,7,11,13H,5-6H2,1H3,(H,15,17). The Morgan fingerprint density at radius 3 is 3.24 bits per heavy atom. The first kappa shape index (κ1) is 10.1. The quantitative estimate of drug-likeness (QED) is 0.727. The molecule has 2 aliphatic heterocycles. The fraction of sp³-hybridized carbons (Fsp3) is 0.333. The molecule has 5 nitrogen and oxygen atoms in total. The van der Waals surface area contributed by atoms with Crippen LogP contribution in [0.15, 0.2) is 30.2 Å². The lowest BCUT2D eigenvalue weighted by molar-refractivity contribution is -0.122. The van der Waals surface area contributed by atoms with E-state index in [9.17, 15) is 4.79 Å². The molecule has 3 rings (SSSR count). The van der Waals surface area contributed by atoms with E-state index in [1.54, 1.807) is 6.20 Å². The van der Waals surface area contributed by atoms with Crippen LogP contribution in [-0.4, -0.2) is 29.0 Å². The Morgan fingerprint density at radius 1 is 1.53 bits per heavy atom. The van der Waals surface area contributed by atoms with Gasteiger partial charge in [-0.15, -0.1) is 0 Å². The molecule has 0 spiro atoms.